The van der Waals surface area contributed by atoms with E-state index in [-0.39, 0.29) is 17.5 Å². The standard InChI is InChI=1S/C23H29N5O2/c29-22(5-4-13-27-11-2-1-3-12-27)28-14-8-20(17-28)26-21-15-19(16-25-23(21)30)18-6-9-24-10-7-18/h4-7,9-10,15-16,20,26H,1-3,8,11-14,17H2,(H,25,30)/b5-4+. The number of nitrogens with zero attached hydrogens (tertiary/aromatic N) is 3. The van der Waals surface area contributed by atoms with E-state index >= 15 is 0 Å². The van der Waals surface area contributed by atoms with Gasteiger partial charge in [0.05, 0.1) is 0 Å². The summed E-state index contributed by atoms with van der Waals surface area (Å²) in [6.07, 6.45) is 13.5. The van der Waals surface area contributed by atoms with Crippen molar-refractivity contribution in [1.29, 1.82) is 0 Å². The maximum atomic E-state index is 12.5. The Balaban J connectivity index is 1.32. The molecule has 2 aromatic heterocycles. The number of likely N-dealkylation sites (tertiary alicyclic amines) is 2. The van der Waals surface area contributed by atoms with E-state index in [9.17, 15) is 9.59 Å². The van der Waals surface area contributed by atoms with Crippen molar-refractivity contribution < 1.29 is 4.79 Å². The molecule has 0 saturated carbocycles. The van der Waals surface area contributed by atoms with Crippen LogP contribution in [0.25, 0.3) is 11.1 Å². The van der Waals surface area contributed by atoms with Crippen LogP contribution in [0.4, 0.5) is 5.69 Å². The van der Waals surface area contributed by atoms with Gasteiger partial charge in [-0.15, -0.1) is 0 Å². The number of nitrogens with one attached hydrogen (secondary N) is 2. The Morgan fingerprint density at radius 2 is 1.97 bits per heavy atom. The molecule has 0 bridgehead atoms. The van der Waals surface area contributed by atoms with Crippen molar-refractivity contribution in [3.05, 3.63) is 59.3 Å². The van der Waals surface area contributed by atoms with Crippen molar-refractivity contribution in [1.82, 2.24) is 19.8 Å². The van der Waals surface area contributed by atoms with Crippen LogP contribution in [-0.2, 0) is 4.79 Å². The Kier molecular flexibility index (Phi) is 6.59. The van der Waals surface area contributed by atoms with Crippen LogP contribution in [0.5, 0.6) is 0 Å². The van der Waals surface area contributed by atoms with Gasteiger partial charge in [-0.1, -0.05) is 12.5 Å². The maximum Gasteiger partial charge on any atom is 0.271 e. The van der Waals surface area contributed by atoms with Gasteiger partial charge in [0.15, 0.2) is 0 Å². The fraction of sp³-hybridized carbons (Fsp3) is 0.435. The molecule has 4 heterocycles. The third-order valence-electron chi connectivity index (χ3n) is 5.85. The molecule has 1 unspecified atom stereocenters. The molecule has 0 radical (unpaired) electrons. The minimum atomic E-state index is -0.154. The van der Waals surface area contributed by atoms with E-state index in [1.54, 1.807) is 24.7 Å². The predicted molar refractivity (Wildman–Crippen MR) is 118 cm³/mol. The van der Waals surface area contributed by atoms with Crippen LogP contribution in [0.3, 0.4) is 0 Å². The first-order chi connectivity index (χ1) is 14.7. The summed E-state index contributed by atoms with van der Waals surface area (Å²) in [7, 11) is 0. The smallest absolute Gasteiger partial charge is 0.271 e. The molecular formula is C23H29N5O2. The van der Waals surface area contributed by atoms with E-state index in [4.69, 9.17) is 0 Å². The van der Waals surface area contributed by atoms with Gasteiger partial charge in [0.2, 0.25) is 5.91 Å². The Morgan fingerprint density at radius 3 is 2.77 bits per heavy atom. The molecule has 158 valence electrons. The molecule has 2 N–H and O–H groups in total. The topological polar surface area (TPSA) is 81.3 Å². The molecule has 2 aliphatic heterocycles. The molecule has 7 heteroatoms. The monoisotopic (exact) mass is 407 g/mol. The summed E-state index contributed by atoms with van der Waals surface area (Å²) in [5.74, 6) is 0.0516. The number of carbonyl (C=O) groups is 1. The van der Waals surface area contributed by atoms with Crippen LogP contribution in [0.1, 0.15) is 25.7 Å². The lowest BCUT2D eigenvalue weighted by Gasteiger charge is -2.24. The SMILES string of the molecule is O=C(/C=C/CN1CCCCC1)N1CCC(Nc2cc(-c3ccncc3)c[nH]c2=O)C1. The van der Waals surface area contributed by atoms with E-state index in [1.807, 2.05) is 29.2 Å². The molecule has 0 aromatic carbocycles. The second-order valence-electron chi connectivity index (χ2n) is 8.04. The van der Waals surface area contributed by atoms with Gasteiger partial charge in [-0.2, -0.15) is 0 Å². The van der Waals surface area contributed by atoms with E-state index < -0.39 is 0 Å². The number of pyridine rings is 2. The van der Waals surface area contributed by atoms with Crippen molar-refractivity contribution in [2.75, 3.05) is 38.0 Å². The van der Waals surface area contributed by atoms with Crippen LogP contribution >= 0.6 is 0 Å². The maximum absolute atomic E-state index is 12.5. The van der Waals surface area contributed by atoms with Gasteiger partial charge in [-0.25, -0.2) is 0 Å². The molecule has 1 amide bonds. The minimum Gasteiger partial charge on any atom is -0.376 e. The Morgan fingerprint density at radius 1 is 1.17 bits per heavy atom. The fourth-order valence-corrected chi connectivity index (χ4v) is 4.15. The Hall–Kier alpha value is -2.93. The minimum absolute atomic E-state index is 0.0516. The molecule has 2 aliphatic rings. The summed E-state index contributed by atoms with van der Waals surface area (Å²) in [5, 5.41) is 3.33. The summed E-state index contributed by atoms with van der Waals surface area (Å²) >= 11 is 0. The zero-order valence-electron chi connectivity index (χ0n) is 17.2. The van der Waals surface area contributed by atoms with Gasteiger partial charge < -0.3 is 15.2 Å². The Bertz CT molecular complexity index is 934. The number of piperidine rings is 1. The highest BCUT2D eigenvalue weighted by molar-refractivity contribution is 5.87. The molecular weight excluding hydrogens is 378 g/mol. The van der Waals surface area contributed by atoms with Gasteiger partial charge in [-0.05, 0) is 56.1 Å². The third-order valence-corrected chi connectivity index (χ3v) is 5.85. The van der Waals surface area contributed by atoms with E-state index in [2.05, 4.69) is 20.2 Å². The molecule has 30 heavy (non-hydrogen) atoms. The zero-order chi connectivity index (χ0) is 20.8. The average molecular weight is 408 g/mol. The lowest BCUT2D eigenvalue weighted by atomic mass is 10.1. The lowest BCUT2D eigenvalue weighted by molar-refractivity contribution is -0.125. The number of anilines is 1. The van der Waals surface area contributed by atoms with Gasteiger partial charge in [0, 0.05) is 55.9 Å². The molecule has 7 nitrogen and oxygen atoms in total. The lowest BCUT2D eigenvalue weighted by Crippen LogP contribution is -2.32. The second kappa shape index (κ2) is 9.71. The second-order valence-corrected chi connectivity index (χ2v) is 8.04. The number of H-pyrrole nitrogens is 1. The number of rotatable bonds is 6. The molecule has 0 aliphatic carbocycles. The first-order valence-electron chi connectivity index (χ1n) is 10.8. The largest absolute Gasteiger partial charge is 0.376 e. The fourth-order valence-electron chi connectivity index (χ4n) is 4.15. The highest BCUT2D eigenvalue weighted by Gasteiger charge is 2.25. The zero-order valence-corrected chi connectivity index (χ0v) is 17.2. The quantitative estimate of drug-likeness (QED) is 0.719. The molecule has 2 saturated heterocycles. The van der Waals surface area contributed by atoms with Crippen LogP contribution < -0.4 is 10.9 Å². The highest BCUT2D eigenvalue weighted by atomic mass is 16.2. The highest BCUT2D eigenvalue weighted by Crippen LogP contribution is 2.20. The van der Waals surface area contributed by atoms with Crippen molar-refractivity contribution in [2.45, 2.75) is 31.7 Å². The molecule has 2 aromatic rings. The molecule has 0 spiro atoms. The summed E-state index contributed by atoms with van der Waals surface area (Å²) in [4.78, 5) is 35.9. The third kappa shape index (κ3) is 5.16. The number of amides is 1. The summed E-state index contributed by atoms with van der Waals surface area (Å²) in [6.45, 7) is 4.40. The van der Waals surface area contributed by atoms with Crippen LogP contribution in [-0.4, -0.2) is 64.4 Å². The number of aromatic amines is 1. The summed E-state index contributed by atoms with van der Waals surface area (Å²) in [5.41, 5.74) is 2.29. The van der Waals surface area contributed by atoms with Gasteiger partial charge in [0.25, 0.3) is 5.56 Å². The van der Waals surface area contributed by atoms with Crippen molar-refractivity contribution in [3.8, 4) is 11.1 Å². The van der Waals surface area contributed by atoms with E-state index in [0.29, 0.717) is 18.8 Å². The number of hydrogen-bond acceptors (Lipinski definition) is 5. The molecule has 4 rings (SSSR count). The number of aromatic nitrogens is 2. The molecule has 2 fully saturated rings. The van der Waals surface area contributed by atoms with Crippen LogP contribution in [0.2, 0.25) is 0 Å². The predicted octanol–water partition coefficient (Wildman–Crippen LogP) is 2.49. The van der Waals surface area contributed by atoms with Gasteiger partial charge in [-0.3, -0.25) is 19.5 Å². The van der Waals surface area contributed by atoms with Crippen LogP contribution in [0, 0.1) is 0 Å². The number of carbonyl (C=O) groups excluding carboxylic acids is 1. The summed E-state index contributed by atoms with van der Waals surface area (Å²) in [6, 6.07) is 5.74. The average Bonchev–Trinajstić information content (AvgIpc) is 3.25. The number of hydrogen-bond donors (Lipinski definition) is 2. The summed E-state index contributed by atoms with van der Waals surface area (Å²) < 4.78 is 0. The molecule has 1 atom stereocenters. The normalized spacial score (nSPS) is 20.0. The first-order valence-corrected chi connectivity index (χ1v) is 10.8. The van der Waals surface area contributed by atoms with Gasteiger partial charge in [0.1, 0.15) is 5.69 Å². The van der Waals surface area contributed by atoms with Gasteiger partial charge >= 0.3 is 0 Å². The van der Waals surface area contributed by atoms with Crippen molar-refractivity contribution in [3.63, 3.8) is 0 Å². The van der Waals surface area contributed by atoms with E-state index in [0.717, 1.165) is 37.2 Å². The van der Waals surface area contributed by atoms with Crippen molar-refractivity contribution >= 4 is 11.6 Å². The van der Waals surface area contributed by atoms with Crippen molar-refractivity contribution in [2.24, 2.45) is 0 Å². The van der Waals surface area contributed by atoms with Crippen LogP contribution in [0.15, 0.2) is 53.7 Å². The van der Waals surface area contributed by atoms with E-state index in [1.165, 1.54) is 19.3 Å². The first kappa shape index (κ1) is 20.3. The Labute approximate surface area is 176 Å².